The number of ether oxygens (including phenoxy) is 3. The molecule has 0 bridgehead atoms. The molecule has 0 radical (unpaired) electrons. The Morgan fingerprint density at radius 2 is 1.88 bits per heavy atom. The second-order valence-electron chi connectivity index (χ2n) is 3.88. The van der Waals surface area contributed by atoms with Gasteiger partial charge >= 0.3 is 6.16 Å². The quantitative estimate of drug-likeness (QED) is 0.450. The second-order valence-corrected chi connectivity index (χ2v) is 3.88. The molecule has 102 valence electrons. The summed E-state index contributed by atoms with van der Waals surface area (Å²) in [6.45, 7) is 3.56. The summed E-state index contributed by atoms with van der Waals surface area (Å²) in [5, 5.41) is 8.32. The molecule has 0 saturated carbocycles. The SMILES string of the molecule is CCCCC(CCCOC(=O)O)OCCOC. The molecule has 17 heavy (non-hydrogen) atoms. The van der Waals surface area contributed by atoms with E-state index in [1.807, 2.05) is 0 Å². The van der Waals surface area contributed by atoms with Gasteiger partial charge in [0, 0.05) is 7.11 Å². The van der Waals surface area contributed by atoms with Crippen LogP contribution in [0.3, 0.4) is 0 Å². The van der Waals surface area contributed by atoms with Gasteiger partial charge in [-0.25, -0.2) is 4.79 Å². The van der Waals surface area contributed by atoms with Gasteiger partial charge in [-0.3, -0.25) is 0 Å². The Labute approximate surface area is 103 Å². The number of hydrogen-bond donors (Lipinski definition) is 1. The molecule has 1 N–H and O–H groups in total. The van der Waals surface area contributed by atoms with Crippen molar-refractivity contribution in [2.75, 3.05) is 26.9 Å². The van der Waals surface area contributed by atoms with Gasteiger partial charge in [-0.2, -0.15) is 0 Å². The lowest BCUT2D eigenvalue weighted by atomic mass is 10.1. The first-order valence-corrected chi connectivity index (χ1v) is 6.17. The zero-order chi connectivity index (χ0) is 12.9. The van der Waals surface area contributed by atoms with Gasteiger partial charge in [-0.1, -0.05) is 19.8 Å². The minimum Gasteiger partial charge on any atom is -0.450 e. The molecule has 0 spiro atoms. The van der Waals surface area contributed by atoms with Crippen LogP contribution in [0.15, 0.2) is 0 Å². The maximum absolute atomic E-state index is 10.2. The fourth-order valence-corrected chi connectivity index (χ4v) is 1.51. The molecule has 0 heterocycles. The molecule has 5 nitrogen and oxygen atoms in total. The Bertz CT molecular complexity index is 184. The van der Waals surface area contributed by atoms with Crippen LogP contribution in [0.5, 0.6) is 0 Å². The summed E-state index contributed by atoms with van der Waals surface area (Å²) < 4.78 is 15.0. The van der Waals surface area contributed by atoms with E-state index in [2.05, 4.69) is 11.7 Å². The third-order valence-electron chi connectivity index (χ3n) is 2.42. The Kier molecular flexibility index (Phi) is 11.1. The molecule has 0 fully saturated rings. The van der Waals surface area contributed by atoms with E-state index in [0.717, 1.165) is 25.7 Å². The van der Waals surface area contributed by atoms with Crippen LogP contribution in [0.2, 0.25) is 0 Å². The second kappa shape index (κ2) is 11.7. The maximum atomic E-state index is 10.2. The number of unbranched alkanes of at least 4 members (excludes halogenated alkanes) is 1. The lowest BCUT2D eigenvalue weighted by molar-refractivity contribution is 0.00376. The molecular formula is C12H24O5. The summed E-state index contributed by atoms with van der Waals surface area (Å²) in [5.41, 5.74) is 0. The van der Waals surface area contributed by atoms with E-state index in [1.165, 1.54) is 0 Å². The van der Waals surface area contributed by atoms with Crippen molar-refractivity contribution in [2.24, 2.45) is 0 Å². The van der Waals surface area contributed by atoms with E-state index in [-0.39, 0.29) is 12.7 Å². The van der Waals surface area contributed by atoms with E-state index in [0.29, 0.717) is 19.6 Å². The fraction of sp³-hybridized carbons (Fsp3) is 0.917. The summed E-state index contributed by atoms with van der Waals surface area (Å²) in [4.78, 5) is 10.2. The molecule has 0 aliphatic rings. The third-order valence-corrected chi connectivity index (χ3v) is 2.42. The first-order chi connectivity index (χ1) is 8.20. The normalized spacial score (nSPS) is 12.4. The van der Waals surface area contributed by atoms with Gasteiger partial charge in [0.15, 0.2) is 0 Å². The first kappa shape index (κ1) is 16.2. The Hall–Kier alpha value is -0.810. The maximum Gasteiger partial charge on any atom is 0.505 e. The average Bonchev–Trinajstić information content (AvgIpc) is 2.30. The standard InChI is InChI=1S/C12H24O5/c1-3-4-6-11(16-10-9-15-2)7-5-8-17-12(13)14/h11H,3-10H2,1-2H3,(H,13,14). The molecule has 0 saturated heterocycles. The topological polar surface area (TPSA) is 65.0 Å². The Balaban J connectivity index is 3.64. The smallest absolute Gasteiger partial charge is 0.450 e. The highest BCUT2D eigenvalue weighted by molar-refractivity contribution is 5.56. The van der Waals surface area contributed by atoms with Gasteiger partial charge in [-0.15, -0.1) is 0 Å². The van der Waals surface area contributed by atoms with Gasteiger partial charge in [0.05, 0.1) is 25.9 Å². The molecule has 0 aromatic heterocycles. The highest BCUT2D eigenvalue weighted by Crippen LogP contribution is 2.11. The van der Waals surface area contributed by atoms with E-state index < -0.39 is 6.16 Å². The molecule has 0 aliphatic heterocycles. The van der Waals surface area contributed by atoms with Crippen molar-refractivity contribution < 1.29 is 24.1 Å². The molecule has 1 unspecified atom stereocenters. The van der Waals surface area contributed by atoms with Crippen LogP contribution in [0.4, 0.5) is 4.79 Å². The average molecular weight is 248 g/mol. The van der Waals surface area contributed by atoms with Crippen LogP contribution >= 0.6 is 0 Å². The van der Waals surface area contributed by atoms with Gasteiger partial charge in [0.25, 0.3) is 0 Å². The largest absolute Gasteiger partial charge is 0.505 e. The highest BCUT2D eigenvalue weighted by atomic mass is 16.7. The summed E-state index contributed by atoms with van der Waals surface area (Å²) in [6.07, 6.45) is 3.77. The third kappa shape index (κ3) is 11.5. The lowest BCUT2D eigenvalue weighted by Gasteiger charge is -2.17. The molecule has 1 atom stereocenters. The van der Waals surface area contributed by atoms with Gasteiger partial charge in [0.1, 0.15) is 0 Å². The monoisotopic (exact) mass is 248 g/mol. The molecular weight excluding hydrogens is 224 g/mol. The van der Waals surface area contributed by atoms with Crippen LogP contribution in [0.1, 0.15) is 39.0 Å². The van der Waals surface area contributed by atoms with Crippen molar-refractivity contribution in [3.63, 3.8) is 0 Å². The summed E-state index contributed by atoms with van der Waals surface area (Å²) in [7, 11) is 1.64. The van der Waals surface area contributed by atoms with Gasteiger partial charge in [-0.05, 0) is 19.3 Å². The minimum absolute atomic E-state index is 0.183. The number of rotatable bonds is 11. The molecule has 0 amide bonds. The van der Waals surface area contributed by atoms with Crippen LogP contribution in [0.25, 0.3) is 0 Å². The summed E-state index contributed by atoms with van der Waals surface area (Å²) >= 11 is 0. The fourth-order valence-electron chi connectivity index (χ4n) is 1.51. The number of carboxylic acid groups (broad SMARTS) is 1. The number of hydrogen-bond acceptors (Lipinski definition) is 4. The van der Waals surface area contributed by atoms with Gasteiger partial charge in [0.2, 0.25) is 0 Å². The minimum atomic E-state index is -1.21. The predicted molar refractivity (Wildman–Crippen MR) is 64.4 cm³/mol. The van der Waals surface area contributed by atoms with Crippen LogP contribution in [-0.2, 0) is 14.2 Å². The van der Waals surface area contributed by atoms with E-state index in [9.17, 15) is 4.79 Å². The molecule has 0 aromatic carbocycles. The highest BCUT2D eigenvalue weighted by Gasteiger charge is 2.09. The zero-order valence-corrected chi connectivity index (χ0v) is 10.8. The van der Waals surface area contributed by atoms with Crippen molar-refractivity contribution in [1.29, 1.82) is 0 Å². The van der Waals surface area contributed by atoms with Crippen molar-refractivity contribution in [3.05, 3.63) is 0 Å². The Morgan fingerprint density at radius 1 is 1.18 bits per heavy atom. The van der Waals surface area contributed by atoms with Crippen molar-refractivity contribution in [2.45, 2.75) is 45.1 Å². The Morgan fingerprint density at radius 3 is 2.47 bits per heavy atom. The van der Waals surface area contributed by atoms with Crippen molar-refractivity contribution >= 4 is 6.16 Å². The summed E-state index contributed by atoms with van der Waals surface area (Å²) in [5.74, 6) is 0. The van der Waals surface area contributed by atoms with E-state index >= 15 is 0 Å². The van der Waals surface area contributed by atoms with Crippen LogP contribution in [-0.4, -0.2) is 44.3 Å². The molecule has 0 rings (SSSR count). The van der Waals surface area contributed by atoms with Gasteiger partial charge < -0.3 is 19.3 Å². The summed E-state index contributed by atoms with van der Waals surface area (Å²) in [6, 6.07) is 0. The van der Waals surface area contributed by atoms with E-state index in [1.54, 1.807) is 7.11 Å². The van der Waals surface area contributed by atoms with Crippen molar-refractivity contribution in [3.8, 4) is 0 Å². The lowest BCUT2D eigenvalue weighted by Crippen LogP contribution is -2.17. The van der Waals surface area contributed by atoms with E-state index in [4.69, 9.17) is 14.6 Å². The van der Waals surface area contributed by atoms with Crippen molar-refractivity contribution in [1.82, 2.24) is 0 Å². The number of methoxy groups -OCH3 is 1. The predicted octanol–water partition coefficient (Wildman–Crippen LogP) is 2.68. The van der Waals surface area contributed by atoms with Crippen LogP contribution < -0.4 is 0 Å². The van der Waals surface area contributed by atoms with Crippen LogP contribution in [0, 0.1) is 0 Å². The zero-order valence-electron chi connectivity index (χ0n) is 10.8. The first-order valence-electron chi connectivity index (χ1n) is 6.17. The molecule has 5 heteroatoms. The number of carbonyl (C=O) groups is 1. The molecule has 0 aliphatic carbocycles. The molecule has 0 aromatic rings.